The predicted octanol–water partition coefficient (Wildman–Crippen LogP) is -0.384. The highest BCUT2D eigenvalue weighted by Gasteiger charge is 1.87. The maximum absolute atomic E-state index is 9.90. The van der Waals surface area contributed by atoms with Crippen molar-refractivity contribution in [2.45, 2.75) is 0 Å². The fourth-order valence-corrected chi connectivity index (χ4v) is 0.670. The van der Waals surface area contributed by atoms with Gasteiger partial charge in [-0.15, -0.1) is 0 Å². The summed E-state index contributed by atoms with van der Waals surface area (Å²) in [7, 11) is 0. The Bertz CT molecular complexity index is 197. The molecule has 2 N–H and O–H groups in total. The van der Waals surface area contributed by atoms with E-state index in [2.05, 4.69) is 9.97 Å². The molecule has 1 aromatic heterocycles. The molecule has 0 aliphatic heterocycles. The van der Waals surface area contributed by atoms with Gasteiger partial charge in [-0.1, -0.05) is 0 Å². The average molecular weight is 146 g/mol. The molecule has 1 unspecified atom stereocenters. The number of nitrogens with one attached hydrogen (secondary N) is 2. The Morgan fingerprint density at radius 2 is 2.67 bits per heavy atom. The van der Waals surface area contributed by atoms with Crippen molar-refractivity contribution in [1.29, 1.82) is 0 Å². The first kappa shape index (κ1) is 6.24. The molecule has 9 heavy (non-hydrogen) atoms. The zero-order chi connectivity index (χ0) is 6.69. The number of aromatic nitrogens is 2. The van der Waals surface area contributed by atoms with E-state index >= 15 is 0 Å². The molecule has 0 aliphatic rings. The van der Waals surface area contributed by atoms with Crippen molar-refractivity contribution in [2.75, 3.05) is 4.72 Å². The topological polar surface area (TPSA) is 80.8 Å². The second-order valence-corrected chi connectivity index (χ2v) is 1.95. The molecule has 50 valence electrons. The fourth-order valence-electron chi connectivity index (χ4n) is 0.400. The van der Waals surface area contributed by atoms with E-state index in [0.717, 1.165) is 0 Å². The molecule has 0 amide bonds. The number of nitrogens with zero attached hydrogens (tertiary/aromatic N) is 1. The fraction of sp³-hybridized carbons (Fsp3) is 0. The summed E-state index contributed by atoms with van der Waals surface area (Å²) in [5.74, 6) is 0.225. The van der Waals surface area contributed by atoms with Crippen LogP contribution in [0.2, 0.25) is 0 Å². The maximum atomic E-state index is 9.90. The summed E-state index contributed by atoms with van der Waals surface area (Å²) in [5.41, 5.74) is 0. The molecule has 0 aromatic carbocycles. The van der Waals surface area contributed by atoms with Crippen molar-refractivity contribution in [1.82, 2.24) is 9.97 Å². The molecular formula is C3H4N3O2S-. The largest absolute Gasteiger partial charge is 0.755 e. The van der Waals surface area contributed by atoms with Gasteiger partial charge in [0.2, 0.25) is 5.95 Å². The highest BCUT2D eigenvalue weighted by molar-refractivity contribution is 7.80. The van der Waals surface area contributed by atoms with Crippen molar-refractivity contribution in [3.8, 4) is 0 Å². The molecule has 5 nitrogen and oxygen atoms in total. The van der Waals surface area contributed by atoms with E-state index < -0.39 is 11.3 Å². The first-order chi connectivity index (χ1) is 4.29. The Kier molecular flexibility index (Phi) is 1.81. The van der Waals surface area contributed by atoms with Crippen molar-refractivity contribution in [3.05, 3.63) is 12.4 Å². The van der Waals surface area contributed by atoms with Crippen LogP contribution >= 0.6 is 0 Å². The van der Waals surface area contributed by atoms with Crippen molar-refractivity contribution in [2.24, 2.45) is 0 Å². The molecule has 0 fully saturated rings. The van der Waals surface area contributed by atoms with Crippen LogP contribution < -0.4 is 4.72 Å². The zero-order valence-electron chi connectivity index (χ0n) is 4.33. The van der Waals surface area contributed by atoms with Crippen LogP contribution in [0.15, 0.2) is 12.4 Å². The molecule has 1 atom stereocenters. The van der Waals surface area contributed by atoms with Gasteiger partial charge in [-0.25, -0.2) is 4.98 Å². The van der Waals surface area contributed by atoms with Crippen LogP contribution in [-0.4, -0.2) is 18.7 Å². The predicted molar refractivity (Wildman–Crippen MR) is 31.1 cm³/mol. The number of imidazole rings is 1. The molecule has 0 spiro atoms. The van der Waals surface area contributed by atoms with Gasteiger partial charge >= 0.3 is 0 Å². The lowest BCUT2D eigenvalue weighted by Crippen LogP contribution is -2.03. The second kappa shape index (κ2) is 2.60. The summed E-state index contributed by atoms with van der Waals surface area (Å²) in [6.07, 6.45) is 2.98. The smallest absolute Gasteiger partial charge is 0.211 e. The normalized spacial score (nSPS) is 13.0. The first-order valence-corrected chi connectivity index (χ1v) is 3.22. The van der Waals surface area contributed by atoms with Gasteiger partial charge in [0.15, 0.2) is 0 Å². The third-order valence-electron chi connectivity index (χ3n) is 0.678. The Hall–Kier alpha value is -0.880. The minimum Gasteiger partial charge on any atom is -0.755 e. The summed E-state index contributed by atoms with van der Waals surface area (Å²) < 4.78 is 21.8. The summed E-state index contributed by atoms with van der Waals surface area (Å²) in [4.78, 5) is 6.15. The first-order valence-electron chi connectivity index (χ1n) is 2.14. The van der Waals surface area contributed by atoms with E-state index in [9.17, 15) is 8.76 Å². The van der Waals surface area contributed by atoms with Crippen LogP contribution in [0.4, 0.5) is 5.95 Å². The third-order valence-corrected chi connectivity index (χ3v) is 1.04. The quantitative estimate of drug-likeness (QED) is 0.558. The van der Waals surface area contributed by atoms with Crippen molar-refractivity contribution >= 4 is 17.2 Å². The monoisotopic (exact) mass is 146 g/mol. The zero-order valence-corrected chi connectivity index (χ0v) is 5.14. The Balaban J connectivity index is 2.58. The lowest BCUT2D eigenvalue weighted by atomic mass is 11.0. The highest BCUT2D eigenvalue weighted by Crippen LogP contribution is 1.93. The number of H-pyrrole nitrogens is 1. The summed E-state index contributed by atoms with van der Waals surface area (Å²) >= 11 is -2.29. The maximum Gasteiger partial charge on any atom is 0.211 e. The Morgan fingerprint density at radius 1 is 1.89 bits per heavy atom. The van der Waals surface area contributed by atoms with Crippen LogP contribution in [0, 0.1) is 0 Å². The molecular weight excluding hydrogens is 142 g/mol. The van der Waals surface area contributed by atoms with Gasteiger partial charge in [0, 0.05) is 23.7 Å². The molecule has 0 aliphatic carbocycles. The van der Waals surface area contributed by atoms with E-state index in [-0.39, 0.29) is 5.95 Å². The average Bonchev–Trinajstić information content (AvgIpc) is 2.15. The van der Waals surface area contributed by atoms with Gasteiger partial charge in [0.05, 0.1) is 0 Å². The van der Waals surface area contributed by atoms with Crippen LogP contribution in [0.3, 0.4) is 0 Å². The van der Waals surface area contributed by atoms with Crippen molar-refractivity contribution in [3.63, 3.8) is 0 Å². The Morgan fingerprint density at radius 3 is 3.11 bits per heavy atom. The summed E-state index contributed by atoms with van der Waals surface area (Å²) in [5, 5.41) is 0. The van der Waals surface area contributed by atoms with Gasteiger partial charge in [-0.05, 0) is 0 Å². The standard InChI is InChI=1S/C3H5N3O2S/c7-9(8)6-3-4-1-2-5-3/h1-2H,(H,7,8)(H2,4,5,6)/p-1. The molecule has 1 heterocycles. The Labute approximate surface area is 53.9 Å². The minimum absolute atomic E-state index is 0.225. The van der Waals surface area contributed by atoms with E-state index in [0.29, 0.717) is 0 Å². The van der Waals surface area contributed by atoms with Gasteiger partial charge in [0.25, 0.3) is 0 Å². The van der Waals surface area contributed by atoms with Gasteiger partial charge in [-0.2, -0.15) is 0 Å². The van der Waals surface area contributed by atoms with Crippen LogP contribution in [0.1, 0.15) is 0 Å². The third kappa shape index (κ3) is 1.82. The lowest BCUT2D eigenvalue weighted by Gasteiger charge is -2.02. The summed E-state index contributed by atoms with van der Waals surface area (Å²) in [6, 6.07) is 0. The SMILES string of the molecule is O=S([O-])Nc1ncc[nH]1. The molecule has 0 saturated carbocycles. The number of anilines is 1. The lowest BCUT2D eigenvalue weighted by molar-refractivity contribution is 0.542. The molecule has 1 aromatic rings. The van der Waals surface area contributed by atoms with E-state index in [4.69, 9.17) is 0 Å². The minimum atomic E-state index is -2.29. The second-order valence-electron chi connectivity index (χ2n) is 1.27. The summed E-state index contributed by atoms with van der Waals surface area (Å²) in [6.45, 7) is 0. The van der Waals surface area contributed by atoms with Crippen molar-refractivity contribution < 1.29 is 8.76 Å². The van der Waals surface area contributed by atoms with Gasteiger partial charge in [-0.3, -0.25) is 8.93 Å². The number of rotatable bonds is 2. The molecule has 0 radical (unpaired) electrons. The number of aromatic amines is 1. The highest BCUT2D eigenvalue weighted by atomic mass is 32.2. The van der Waals surface area contributed by atoms with Gasteiger partial charge in [0.1, 0.15) is 0 Å². The van der Waals surface area contributed by atoms with E-state index in [1.807, 2.05) is 4.72 Å². The van der Waals surface area contributed by atoms with Crippen LogP contribution in [-0.2, 0) is 11.3 Å². The molecule has 6 heteroatoms. The van der Waals surface area contributed by atoms with E-state index in [1.54, 1.807) is 0 Å². The van der Waals surface area contributed by atoms with Crippen LogP contribution in [0.25, 0.3) is 0 Å². The van der Waals surface area contributed by atoms with Crippen LogP contribution in [0.5, 0.6) is 0 Å². The number of hydrogen-bond donors (Lipinski definition) is 2. The molecule has 1 rings (SSSR count). The number of hydrogen-bond acceptors (Lipinski definition) is 3. The molecule has 0 bridgehead atoms. The van der Waals surface area contributed by atoms with Gasteiger partial charge < -0.3 is 9.54 Å². The van der Waals surface area contributed by atoms with E-state index in [1.165, 1.54) is 12.4 Å². The molecule has 0 saturated heterocycles.